The summed E-state index contributed by atoms with van der Waals surface area (Å²) >= 11 is 5.29. The van der Waals surface area contributed by atoms with Crippen LogP contribution in [-0.2, 0) is 20.5 Å². The van der Waals surface area contributed by atoms with Crippen molar-refractivity contribution in [1.82, 2.24) is 9.88 Å². The SMILES string of the molecule is CCOC(=O)CCN1C(=S)N(c2cnc(C#N)c(C(F)(F)F)c2)C(=O)C1(C)C. The van der Waals surface area contributed by atoms with Crippen molar-refractivity contribution in [3.05, 3.63) is 23.5 Å². The molecule has 0 N–H and O–H groups in total. The van der Waals surface area contributed by atoms with E-state index in [0.29, 0.717) is 6.07 Å². The predicted molar refractivity (Wildman–Crippen MR) is 96.1 cm³/mol. The fourth-order valence-electron chi connectivity index (χ4n) is 2.76. The number of anilines is 1. The molecule has 0 radical (unpaired) electrons. The van der Waals surface area contributed by atoms with Gasteiger partial charge in [0, 0.05) is 6.54 Å². The van der Waals surface area contributed by atoms with Crippen LogP contribution in [0.2, 0.25) is 0 Å². The molecule has 1 aliphatic rings. The minimum absolute atomic E-state index is 0.0437. The van der Waals surface area contributed by atoms with E-state index in [-0.39, 0.29) is 30.4 Å². The van der Waals surface area contributed by atoms with E-state index in [4.69, 9.17) is 22.2 Å². The maximum Gasteiger partial charge on any atom is 0.419 e. The number of alkyl halides is 3. The van der Waals surface area contributed by atoms with Crippen molar-refractivity contribution in [2.24, 2.45) is 0 Å². The lowest BCUT2D eigenvalue weighted by Crippen LogP contribution is -2.45. The summed E-state index contributed by atoms with van der Waals surface area (Å²) in [6.45, 7) is 5.02. The molecule has 0 aromatic carbocycles. The van der Waals surface area contributed by atoms with Gasteiger partial charge in [0.15, 0.2) is 10.8 Å². The minimum Gasteiger partial charge on any atom is -0.466 e. The molecule has 0 unspecified atom stereocenters. The summed E-state index contributed by atoms with van der Waals surface area (Å²) in [6, 6.07) is 2.05. The Morgan fingerprint density at radius 2 is 2.07 bits per heavy atom. The van der Waals surface area contributed by atoms with Gasteiger partial charge in [-0.1, -0.05) is 0 Å². The van der Waals surface area contributed by atoms with Crippen LogP contribution in [0, 0.1) is 11.3 Å². The third-order valence-corrected chi connectivity index (χ3v) is 4.61. The monoisotopic (exact) mass is 414 g/mol. The van der Waals surface area contributed by atoms with Crippen LogP contribution in [0.5, 0.6) is 0 Å². The second-order valence-corrected chi connectivity index (χ2v) is 6.75. The summed E-state index contributed by atoms with van der Waals surface area (Å²) < 4.78 is 44.5. The van der Waals surface area contributed by atoms with Crippen LogP contribution in [0.3, 0.4) is 0 Å². The van der Waals surface area contributed by atoms with Gasteiger partial charge < -0.3 is 9.64 Å². The lowest BCUT2D eigenvalue weighted by Gasteiger charge is -2.28. The van der Waals surface area contributed by atoms with Crippen LogP contribution in [0.1, 0.15) is 38.4 Å². The number of hydrogen-bond acceptors (Lipinski definition) is 6. The lowest BCUT2D eigenvalue weighted by atomic mass is 10.0. The van der Waals surface area contributed by atoms with Gasteiger partial charge in [-0.25, -0.2) is 4.98 Å². The molecule has 28 heavy (non-hydrogen) atoms. The first-order valence-corrected chi connectivity index (χ1v) is 8.65. The summed E-state index contributed by atoms with van der Waals surface area (Å²) in [7, 11) is 0. The van der Waals surface area contributed by atoms with Gasteiger partial charge in [0.05, 0.1) is 30.5 Å². The molecule has 0 aliphatic carbocycles. The molecule has 150 valence electrons. The highest BCUT2D eigenvalue weighted by Gasteiger charge is 2.50. The number of carbonyl (C=O) groups is 2. The molecule has 11 heteroatoms. The van der Waals surface area contributed by atoms with E-state index in [0.717, 1.165) is 11.1 Å². The molecule has 1 saturated heterocycles. The standard InChI is InChI=1S/C17H17F3N4O3S/c1-4-27-13(25)5-6-23-15(28)24(14(26)16(23,2)3)10-7-11(17(18,19)20)12(8-21)22-9-10/h7,9H,4-6H2,1-3H3. The van der Waals surface area contributed by atoms with Crippen LogP contribution >= 0.6 is 12.2 Å². The topological polar surface area (TPSA) is 86.5 Å². The summed E-state index contributed by atoms with van der Waals surface area (Å²) in [5, 5.41) is 8.81. The Bertz CT molecular complexity index is 864. The number of nitrogens with zero attached hydrogens (tertiary/aromatic N) is 4. The van der Waals surface area contributed by atoms with Gasteiger partial charge in [-0.05, 0) is 39.1 Å². The number of carbonyl (C=O) groups excluding carboxylic acids is 2. The molecule has 1 fully saturated rings. The molecule has 0 saturated carbocycles. The van der Waals surface area contributed by atoms with Crippen molar-refractivity contribution in [2.45, 2.75) is 38.9 Å². The van der Waals surface area contributed by atoms with E-state index in [2.05, 4.69) is 4.98 Å². The first-order chi connectivity index (χ1) is 12.9. The first-order valence-electron chi connectivity index (χ1n) is 8.24. The van der Waals surface area contributed by atoms with Crippen LogP contribution in [0.15, 0.2) is 12.3 Å². The van der Waals surface area contributed by atoms with Crippen LogP contribution in [0.4, 0.5) is 18.9 Å². The van der Waals surface area contributed by atoms with Crippen LogP contribution < -0.4 is 4.90 Å². The Balaban J connectivity index is 2.39. The molecule has 2 rings (SSSR count). The van der Waals surface area contributed by atoms with Gasteiger partial charge in [0.2, 0.25) is 0 Å². The third kappa shape index (κ3) is 3.91. The molecule has 1 aromatic rings. The smallest absolute Gasteiger partial charge is 0.419 e. The van der Waals surface area contributed by atoms with E-state index >= 15 is 0 Å². The maximum absolute atomic E-state index is 13.2. The van der Waals surface area contributed by atoms with Crippen LogP contribution in [-0.4, -0.2) is 45.6 Å². The van der Waals surface area contributed by atoms with Crippen molar-refractivity contribution in [1.29, 1.82) is 5.26 Å². The number of thiocarbonyl (C=S) groups is 1. The Morgan fingerprint density at radius 1 is 1.43 bits per heavy atom. The Kier molecular flexibility index (Phi) is 5.94. The van der Waals surface area contributed by atoms with Gasteiger partial charge in [-0.15, -0.1) is 0 Å². The predicted octanol–water partition coefficient (Wildman–Crippen LogP) is 2.64. The van der Waals surface area contributed by atoms with Crippen molar-refractivity contribution < 1.29 is 27.5 Å². The maximum atomic E-state index is 13.2. The normalized spacial score (nSPS) is 16.3. The van der Waals surface area contributed by atoms with E-state index in [1.807, 2.05) is 0 Å². The average Bonchev–Trinajstić information content (AvgIpc) is 2.77. The first kappa shape index (κ1) is 21.6. The highest BCUT2D eigenvalue weighted by Crippen LogP contribution is 2.37. The van der Waals surface area contributed by atoms with Crippen molar-refractivity contribution in [3.63, 3.8) is 0 Å². The van der Waals surface area contributed by atoms with Crippen molar-refractivity contribution in [3.8, 4) is 6.07 Å². The molecular formula is C17H17F3N4O3S. The molecule has 7 nitrogen and oxygen atoms in total. The van der Waals surface area contributed by atoms with Crippen molar-refractivity contribution >= 4 is 34.9 Å². The molecule has 1 amide bonds. The fraction of sp³-hybridized carbons (Fsp3) is 0.471. The largest absolute Gasteiger partial charge is 0.466 e. The fourth-order valence-corrected chi connectivity index (χ4v) is 3.26. The van der Waals surface area contributed by atoms with E-state index in [9.17, 15) is 22.8 Å². The number of halogens is 3. The number of ether oxygens (including phenoxy) is 1. The Labute approximate surface area is 164 Å². The quantitative estimate of drug-likeness (QED) is 0.541. The second-order valence-electron chi connectivity index (χ2n) is 6.39. The van der Waals surface area contributed by atoms with Gasteiger partial charge >= 0.3 is 12.1 Å². The number of hydrogen-bond donors (Lipinski definition) is 0. The van der Waals surface area contributed by atoms with Gasteiger partial charge in [0.25, 0.3) is 5.91 Å². The highest BCUT2D eigenvalue weighted by molar-refractivity contribution is 7.80. The molecule has 0 atom stereocenters. The number of rotatable bonds is 5. The zero-order chi connectivity index (χ0) is 21.3. The molecule has 1 aliphatic heterocycles. The molecule has 2 heterocycles. The Hall–Kier alpha value is -2.74. The molecule has 0 spiro atoms. The molecule has 0 bridgehead atoms. The number of esters is 1. The van der Waals surface area contributed by atoms with E-state index < -0.39 is 34.8 Å². The third-order valence-electron chi connectivity index (χ3n) is 4.21. The zero-order valence-corrected chi connectivity index (χ0v) is 16.1. The summed E-state index contributed by atoms with van der Waals surface area (Å²) in [5.74, 6) is -1.05. The summed E-state index contributed by atoms with van der Waals surface area (Å²) in [4.78, 5) is 30.4. The number of nitriles is 1. The van der Waals surface area contributed by atoms with Crippen molar-refractivity contribution in [2.75, 3.05) is 18.1 Å². The van der Waals surface area contributed by atoms with E-state index in [1.165, 1.54) is 11.0 Å². The number of aromatic nitrogens is 1. The number of pyridine rings is 1. The van der Waals surface area contributed by atoms with Gasteiger partial charge in [-0.2, -0.15) is 18.4 Å². The Morgan fingerprint density at radius 3 is 2.61 bits per heavy atom. The minimum atomic E-state index is -4.82. The average molecular weight is 414 g/mol. The van der Waals surface area contributed by atoms with Gasteiger partial charge in [-0.3, -0.25) is 14.5 Å². The summed E-state index contributed by atoms with van der Waals surface area (Å²) in [5.41, 5.74) is -3.44. The number of amides is 1. The highest BCUT2D eigenvalue weighted by atomic mass is 32.1. The second kappa shape index (κ2) is 7.71. The summed E-state index contributed by atoms with van der Waals surface area (Å²) in [6.07, 6.45) is -3.88. The molecular weight excluding hydrogens is 397 g/mol. The van der Waals surface area contributed by atoms with Crippen LogP contribution in [0.25, 0.3) is 0 Å². The van der Waals surface area contributed by atoms with E-state index in [1.54, 1.807) is 20.8 Å². The molecule has 1 aromatic heterocycles. The lowest BCUT2D eigenvalue weighted by molar-refractivity contribution is -0.143. The van der Waals surface area contributed by atoms with Gasteiger partial charge in [0.1, 0.15) is 11.6 Å². The zero-order valence-electron chi connectivity index (χ0n) is 15.3.